The van der Waals surface area contributed by atoms with Crippen LogP contribution in [0.1, 0.15) is 29.9 Å². The minimum atomic E-state index is -0.419. The van der Waals surface area contributed by atoms with Gasteiger partial charge in [0.15, 0.2) is 11.0 Å². The van der Waals surface area contributed by atoms with Gasteiger partial charge in [0.2, 0.25) is 11.8 Å². The summed E-state index contributed by atoms with van der Waals surface area (Å²) in [4.78, 5) is 25.0. The number of carbonyl (C=O) groups excluding carboxylic acids is 2. The van der Waals surface area contributed by atoms with Gasteiger partial charge < -0.3 is 19.9 Å². The lowest BCUT2D eigenvalue weighted by Crippen LogP contribution is -2.30. The van der Waals surface area contributed by atoms with Gasteiger partial charge in [0.1, 0.15) is 11.6 Å². The second-order valence-electron chi connectivity index (χ2n) is 7.85. The van der Waals surface area contributed by atoms with E-state index in [1.165, 1.54) is 23.9 Å². The maximum Gasteiger partial charge on any atom is 0.234 e. The number of aromatic nitrogens is 3. The Morgan fingerprint density at radius 2 is 1.94 bits per heavy atom. The molecule has 10 heteroatoms. The van der Waals surface area contributed by atoms with E-state index < -0.39 is 11.9 Å². The van der Waals surface area contributed by atoms with Crippen molar-refractivity contribution >= 4 is 29.3 Å². The number of benzene rings is 2. The van der Waals surface area contributed by atoms with Crippen molar-refractivity contribution in [2.24, 2.45) is 0 Å². The number of methoxy groups -OCH3 is 1. The number of nitrogens with one attached hydrogen (secondary N) is 2. The van der Waals surface area contributed by atoms with E-state index in [9.17, 15) is 14.0 Å². The molecule has 0 spiro atoms. The molecule has 3 aromatic rings. The van der Waals surface area contributed by atoms with Crippen LogP contribution >= 0.6 is 11.8 Å². The van der Waals surface area contributed by atoms with Crippen LogP contribution < -0.4 is 15.4 Å². The summed E-state index contributed by atoms with van der Waals surface area (Å²) in [6, 6.07) is 11.1. The second-order valence-corrected chi connectivity index (χ2v) is 8.79. The van der Waals surface area contributed by atoms with Crippen molar-refractivity contribution < 1.29 is 18.7 Å². The van der Waals surface area contributed by atoms with E-state index in [1.54, 1.807) is 30.7 Å². The SMILES string of the molecule is C=CCn1c(SCC(=O)Nc2cc(F)ccc2C)nnc1[C@H](C)NC(=O)Cc1ccc(OC)cc1. The van der Waals surface area contributed by atoms with E-state index in [-0.39, 0.29) is 24.0 Å². The van der Waals surface area contributed by atoms with Crippen molar-refractivity contribution in [2.75, 3.05) is 18.2 Å². The van der Waals surface area contributed by atoms with Gasteiger partial charge in [-0.05, 0) is 49.2 Å². The van der Waals surface area contributed by atoms with E-state index in [2.05, 4.69) is 27.4 Å². The predicted octanol–water partition coefficient (Wildman–Crippen LogP) is 4.07. The first-order valence-corrected chi connectivity index (χ1v) is 11.9. The molecule has 35 heavy (non-hydrogen) atoms. The van der Waals surface area contributed by atoms with Crippen LogP contribution in [0.15, 0.2) is 60.3 Å². The van der Waals surface area contributed by atoms with Crippen molar-refractivity contribution in [2.45, 2.75) is 38.0 Å². The summed E-state index contributed by atoms with van der Waals surface area (Å²) in [5.41, 5.74) is 2.05. The molecule has 0 fully saturated rings. The number of nitrogens with zero attached hydrogens (tertiary/aromatic N) is 3. The first-order valence-electron chi connectivity index (χ1n) is 11.0. The molecule has 1 atom stereocenters. The minimum absolute atomic E-state index is 0.0590. The standard InChI is InChI=1S/C25H28FN5O3S/c1-5-12-31-24(17(3)27-22(32)13-18-7-10-20(34-4)11-8-18)29-30-25(31)35-15-23(33)28-21-14-19(26)9-6-16(21)2/h5-11,14,17H,1,12-13,15H2,2-4H3,(H,27,32)(H,28,33)/t17-/m0/s1. The molecule has 2 N–H and O–H groups in total. The molecule has 3 rings (SSSR count). The third-order valence-electron chi connectivity index (χ3n) is 5.15. The molecule has 1 heterocycles. The van der Waals surface area contributed by atoms with Crippen LogP contribution in [0.5, 0.6) is 5.75 Å². The van der Waals surface area contributed by atoms with Crippen LogP contribution in [0.2, 0.25) is 0 Å². The van der Waals surface area contributed by atoms with Gasteiger partial charge in [-0.25, -0.2) is 4.39 Å². The summed E-state index contributed by atoms with van der Waals surface area (Å²) in [5.74, 6) is 0.469. The highest BCUT2D eigenvalue weighted by atomic mass is 32.2. The number of ether oxygens (including phenoxy) is 1. The van der Waals surface area contributed by atoms with Gasteiger partial charge in [-0.1, -0.05) is 36.0 Å². The lowest BCUT2D eigenvalue weighted by atomic mass is 10.1. The molecular weight excluding hydrogens is 469 g/mol. The van der Waals surface area contributed by atoms with Gasteiger partial charge in [-0.3, -0.25) is 9.59 Å². The summed E-state index contributed by atoms with van der Waals surface area (Å²) < 4.78 is 20.4. The molecular formula is C25H28FN5O3S. The summed E-state index contributed by atoms with van der Waals surface area (Å²) in [5, 5.41) is 14.6. The van der Waals surface area contributed by atoms with Gasteiger partial charge in [-0.2, -0.15) is 0 Å². The van der Waals surface area contributed by atoms with Crippen LogP contribution in [0.3, 0.4) is 0 Å². The third kappa shape index (κ3) is 7.16. The summed E-state index contributed by atoms with van der Waals surface area (Å²) >= 11 is 1.20. The average molecular weight is 498 g/mol. The Morgan fingerprint density at radius 3 is 2.63 bits per heavy atom. The quantitative estimate of drug-likeness (QED) is 0.306. The number of allylic oxidation sites excluding steroid dienone is 1. The van der Waals surface area contributed by atoms with Crippen LogP contribution in [0, 0.1) is 12.7 Å². The number of anilines is 1. The van der Waals surface area contributed by atoms with Crippen molar-refractivity contribution in [3.8, 4) is 5.75 Å². The van der Waals surface area contributed by atoms with Crippen LogP contribution in [0.4, 0.5) is 10.1 Å². The molecule has 0 radical (unpaired) electrons. The predicted molar refractivity (Wildman–Crippen MR) is 134 cm³/mol. The number of thioether (sulfide) groups is 1. The summed E-state index contributed by atoms with van der Waals surface area (Å²) in [7, 11) is 1.59. The smallest absolute Gasteiger partial charge is 0.234 e. The van der Waals surface area contributed by atoms with Crippen LogP contribution in [-0.2, 0) is 22.6 Å². The fourth-order valence-electron chi connectivity index (χ4n) is 3.36. The molecule has 0 aliphatic rings. The molecule has 0 saturated carbocycles. The molecule has 0 unspecified atom stereocenters. The van der Waals surface area contributed by atoms with E-state index in [4.69, 9.17) is 4.74 Å². The lowest BCUT2D eigenvalue weighted by molar-refractivity contribution is -0.121. The number of hydrogen-bond acceptors (Lipinski definition) is 6. The Labute approximate surface area is 208 Å². The summed E-state index contributed by atoms with van der Waals surface area (Å²) in [6.07, 6.45) is 1.91. The number of rotatable bonds is 11. The highest BCUT2D eigenvalue weighted by Gasteiger charge is 2.20. The number of carbonyl (C=O) groups is 2. The summed E-state index contributed by atoms with van der Waals surface area (Å²) in [6.45, 7) is 7.80. The van der Waals surface area contributed by atoms with Gasteiger partial charge in [0.25, 0.3) is 0 Å². The molecule has 1 aromatic heterocycles. The van der Waals surface area contributed by atoms with Crippen molar-refractivity contribution in [1.82, 2.24) is 20.1 Å². The molecule has 184 valence electrons. The van der Waals surface area contributed by atoms with Gasteiger partial charge in [-0.15, -0.1) is 16.8 Å². The first kappa shape index (κ1) is 26.0. The van der Waals surface area contributed by atoms with Crippen molar-refractivity contribution in [3.05, 3.63) is 77.9 Å². The fourth-order valence-corrected chi connectivity index (χ4v) is 4.11. The van der Waals surface area contributed by atoms with Crippen molar-refractivity contribution in [3.63, 3.8) is 0 Å². The molecule has 2 amide bonds. The Kier molecular flexibility index (Phi) is 9.02. The highest BCUT2D eigenvalue weighted by Crippen LogP contribution is 2.22. The zero-order valence-electron chi connectivity index (χ0n) is 19.9. The molecule has 2 aromatic carbocycles. The molecule has 8 nitrogen and oxygen atoms in total. The Bertz CT molecular complexity index is 1200. The zero-order valence-corrected chi connectivity index (χ0v) is 20.7. The Balaban J connectivity index is 1.62. The normalized spacial score (nSPS) is 11.5. The molecule has 0 aliphatic carbocycles. The largest absolute Gasteiger partial charge is 0.497 e. The van der Waals surface area contributed by atoms with Crippen LogP contribution in [-0.4, -0.2) is 39.4 Å². The number of hydrogen-bond donors (Lipinski definition) is 2. The van der Waals surface area contributed by atoms with E-state index in [0.29, 0.717) is 23.2 Å². The van der Waals surface area contributed by atoms with Crippen molar-refractivity contribution in [1.29, 1.82) is 0 Å². The maximum atomic E-state index is 13.5. The van der Waals surface area contributed by atoms with Gasteiger partial charge in [0, 0.05) is 12.2 Å². The zero-order chi connectivity index (χ0) is 25.4. The van der Waals surface area contributed by atoms with Crippen LogP contribution in [0.25, 0.3) is 0 Å². The van der Waals surface area contributed by atoms with E-state index in [0.717, 1.165) is 16.9 Å². The topological polar surface area (TPSA) is 98.1 Å². The maximum absolute atomic E-state index is 13.5. The Hall–Kier alpha value is -3.66. The monoisotopic (exact) mass is 497 g/mol. The molecule has 0 saturated heterocycles. The van der Waals surface area contributed by atoms with E-state index >= 15 is 0 Å². The molecule has 0 bridgehead atoms. The van der Waals surface area contributed by atoms with E-state index in [1.807, 2.05) is 31.2 Å². The second kappa shape index (κ2) is 12.2. The van der Waals surface area contributed by atoms with Gasteiger partial charge >= 0.3 is 0 Å². The third-order valence-corrected chi connectivity index (χ3v) is 6.12. The Morgan fingerprint density at radius 1 is 1.20 bits per heavy atom. The van der Waals surface area contributed by atoms with Gasteiger partial charge in [0.05, 0.1) is 25.3 Å². The fraction of sp³-hybridized carbons (Fsp3) is 0.280. The number of aryl methyl sites for hydroxylation is 1. The number of amides is 2. The first-order chi connectivity index (χ1) is 16.8. The average Bonchev–Trinajstić information content (AvgIpc) is 3.23. The highest BCUT2D eigenvalue weighted by molar-refractivity contribution is 7.99. The number of halogens is 1. The minimum Gasteiger partial charge on any atom is -0.497 e. The molecule has 0 aliphatic heterocycles. The lowest BCUT2D eigenvalue weighted by Gasteiger charge is -2.15.